The van der Waals surface area contributed by atoms with E-state index in [0.717, 1.165) is 6.26 Å². The van der Waals surface area contributed by atoms with E-state index in [1.807, 2.05) is 0 Å². The second-order valence-corrected chi connectivity index (χ2v) is 12.2. The Kier molecular flexibility index (Phi) is 11.0. The van der Waals surface area contributed by atoms with E-state index < -0.39 is 47.3 Å². The number of ether oxygens (including phenoxy) is 3. The van der Waals surface area contributed by atoms with Crippen molar-refractivity contribution in [2.45, 2.75) is 91.7 Å². The normalized spacial score (nSPS) is 13.2. The van der Waals surface area contributed by atoms with Crippen molar-refractivity contribution in [1.82, 2.24) is 20.6 Å². The van der Waals surface area contributed by atoms with Crippen molar-refractivity contribution in [2.75, 3.05) is 0 Å². The fraction of sp³-hybridized carbons (Fsp3) is 0.556. The lowest BCUT2D eigenvalue weighted by Gasteiger charge is -2.24. The first-order valence-corrected chi connectivity index (χ1v) is 13.6. The lowest BCUT2D eigenvalue weighted by Crippen LogP contribution is -2.46. The van der Waals surface area contributed by atoms with Crippen LogP contribution in [0.1, 0.15) is 77.3 Å². The monoisotopic (exact) mass is 578 g/mol. The summed E-state index contributed by atoms with van der Waals surface area (Å²) in [5, 5.41) is 7.48. The number of carbonyl (C=O) groups is 4. The molecule has 12 nitrogen and oxygen atoms in total. The molecule has 2 rings (SSSR count). The molecular weight excluding hydrogens is 540 g/mol. The fourth-order valence-electron chi connectivity index (χ4n) is 3.10. The molecule has 0 saturated heterocycles. The highest BCUT2D eigenvalue weighted by Gasteiger charge is 2.30. The molecule has 0 aliphatic heterocycles. The molecule has 0 unspecified atom stereocenters. The number of carbonyl (C=O) groups excluding carboxylic acids is 4. The molecule has 13 heteroatoms. The zero-order chi connectivity index (χ0) is 30.3. The summed E-state index contributed by atoms with van der Waals surface area (Å²) in [4.78, 5) is 58.3. The summed E-state index contributed by atoms with van der Waals surface area (Å²) in [5.41, 5.74) is -0.995. The number of amides is 2. The summed E-state index contributed by atoms with van der Waals surface area (Å²) in [6.45, 7) is 17.7. The summed E-state index contributed by atoms with van der Waals surface area (Å²) >= 11 is 1.27. The van der Waals surface area contributed by atoms with Crippen LogP contribution in [0.3, 0.4) is 0 Å². The molecule has 2 aromatic rings. The Morgan fingerprint density at radius 1 is 1.07 bits per heavy atom. The number of esters is 2. The molecule has 2 amide bonds. The average Bonchev–Trinajstić information content (AvgIpc) is 3.47. The summed E-state index contributed by atoms with van der Waals surface area (Å²) in [6, 6.07) is -1.03. The number of hydrogen-bond acceptors (Lipinski definition) is 11. The van der Waals surface area contributed by atoms with Crippen molar-refractivity contribution in [3.63, 3.8) is 0 Å². The average molecular weight is 579 g/mol. The largest absolute Gasteiger partial charge is 0.460 e. The van der Waals surface area contributed by atoms with Gasteiger partial charge in [0.05, 0.1) is 13.0 Å². The third-order valence-electron chi connectivity index (χ3n) is 4.82. The van der Waals surface area contributed by atoms with Gasteiger partial charge in [0, 0.05) is 5.38 Å². The van der Waals surface area contributed by atoms with Crippen molar-refractivity contribution in [3.8, 4) is 11.6 Å². The van der Waals surface area contributed by atoms with Crippen molar-refractivity contribution in [1.29, 1.82) is 0 Å². The van der Waals surface area contributed by atoms with Crippen molar-refractivity contribution in [3.05, 3.63) is 35.0 Å². The molecule has 0 radical (unpaired) electrons. The van der Waals surface area contributed by atoms with Gasteiger partial charge < -0.3 is 29.3 Å². The standard InChI is InChI=1S/C27H38N4O8S/c1-10-16(11-20(32)38-26(4,5)6)37-24(34)21(15(2)3)31-22(33)17-13-36-23(30-17)18-14-40-19(29-18)12-28-25(35)39-27(7,8)9/h10,13-16,21H,1,11-12H2,2-9H3,(H,28,35)(H,31,33)/t16-,21+/m1/s1. The molecule has 0 bridgehead atoms. The number of nitrogens with zero attached hydrogens (tertiary/aromatic N) is 2. The van der Waals surface area contributed by atoms with Gasteiger partial charge in [0.1, 0.15) is 40.3 Å². The molecule has 0 spiro atoms. The van der Waals surface area contributed by atoms with Crippen molar-refractivity contribution >= 4 is 35.3 Å². The predicted molar refractivity (Wildman–Crippen MR) is 147 cm³/mol. The number of rotatable bonds is 11. The molecule has 2 atom stereocenters. The Hall–Kier alpha value is -3.74. The molecule has 40 heavy (non-hydrogen) atoms. The minimum absolute atomic E-state index is 0.0658. The van der Waals surface area contributed by atoms with Gasteiger partial charge in [0.25, 0.3) is 5.91 Å². The van der Waals surface area contributed by atoms with Crippen LogP contribution in [0.4, 0.5) is 4.79 Å². The Bertz CT molecular complexity index is 1210. The number of nitrogens with one attached hydrogen (secondary N) is 2. The van der Waals surface area contributed by atoms with Crippen LogP contribution >= 0.6 is 11.3 Å². The first-order chi connectivity index (χ1) is 18.5. The molecule has 0 aliphatic carbocycles. The van der Waals surface area contributed by atoms with E-state index in [1.54, 1.807) is 60.8 Å². The lowest BCUT2D eigenvalue weighted by atomic mass is 10.0. The van der Waals surface area contributed by atoms with Crippen LogP contribution in [-0.2, 0) is 30.3 Å². The molecule has 2 aromatic heterocycles. The molecule has 0 saturated carbocycles. The zero-order valence-electron chi connectivity index (χ0n) is 24.2. The smallest absolute Gasteiger partial charge is 0.408 e. The minimum atomic E-state index is -1.03. The van der Waals surface area contributed by atoms with Crippen molar-refractivity contribution < 1.29 is 37.8 Å². The Morgan fingerprint density at radius 2 is 1.73 bits per heavy atom. The van der Waals surface area contributed by atoms with E-state index in [-0.39, 0.29) is 30.5 Å². The summed E-state index contributed by atoms with van der Waals surface area (Å²) < 4.78 is 21.3. The number of hydrogen-bond donors (Lipinski definition) is 2. The van der Waals surface area contributed by atoms with E-state index >= 15 is 0 Å². The number of thiazole rings is 1. The van der Waals surface area contributed by atoms with Crippen LogP contribution in [-0.4, -0.2) is 57.3 Å². The molecule has 0 fully saturated rings. The van der Waals surface area contributed by atoms with Gasteiger partial charge in [-0.15, -0.1) is 11.3 Å². The maximum absolute atomic E-state index is 12.9. The van der Waals surface area contributed by atoms with Crippen LogP contribution in [0.25, 0.3) is 11.6 Å². The highest BCUT2D eigenvalue weighted by atomic mass is 32.1. The topological polar surface area (TPSA) is 159 Å². The first-order valence-electron chi connectivity index (χ1n) is 12.7. The summed E-state index contributed by atoms with van der Waals surface area (Å²) in [5.74, 6) is -2.18. The maximum Gasteiger partial charge on any atom is 0.408 e. The number of oxazole rings is 1. The summed E-state index contributed by atoms with van der Waals surface area (Å²) in [7, 11) is 0. The second-order valence-electron chi connectivity index (χ2n) is 11.2. The van der Waals surface area contributed by atoms with Crippen molar-refractivity contribution in [2.24, 2.45) is 5.92 Å². The molecule has 220 valence electrons. The number of alkyl carbamates (subject to hydrolysis) is 1. The molecule has 2 heterocycles. The molecule has 0 aromatic carbocycles. The maximum atomic E-state index is 12.9. The summed E-state index contributed by atoms with van der Waals surface area (Å²) in [6.07, 6.45) is 0.779. The van der Waals surface area contributed by atoms with Crippen LogP contribution in [0, 0.1) is 5.92 Å². The second kappa shape index (κ2) is 13.6. The van der Waals surface area contributed by atoms with Gasteiger partial charge in [0.2, 0.25) is 5.89 Å². The van der Waals surface area contributed by atoms with E-state index in [2.05, 4.69) is 27.2 Å². The first kappa shape index (κ1) is 32.5. The third kappa shape index (κ3) is 10.8. The van der Waals surface area contributed by atoms with E-state index in [0.29, 0.717) is 10.7 Å². The zero-order valence-corrected chi connectivity index (χ0v) is 25.0. The van der Waals surface area contributed by atoms with Gasteiger partial charge in [0.15, 0.2) is 5.69 Å². The van der Waals surface area contributed by atoms with Gasteiger partial charge >= 0.3 is 18.0 Å². The van der Waals surface area contributed by atoms with Gasteiger partial charge in [-0.2, -0.15) is 0 Å². The number of aromatic nitrogens is 2. The highest BCUT2D eigenvalue weighted by Crippen LogP contribution is 2.22. The fourth-order valence-corrected chi connectivity index (χ4v) is 3.81. The van der Waals surface area contributed by atoms with E-state index in [4.69, 9.17) is 18.6 Å². The van der Waals surface area contributed by atoms with Crippen LogP contribution in [0.15, 0.2) is 28.7 Å². The van der Waals surface area contributed by atoms with Crippen LogP contribution in [0.2, 0.25) is 0 Å². The third-order valence-corrected chi connectivity index (χ3v) is 5.66. The molecule has 2 N–H and O–H groups in total. The highest BCUT2D eigenvalue weighted by molar-refractivity contribution is 7.09. The SMILES string of the molecule is C=C[C@H](CC(=O)OC(C)(C)C)OC(=O)[C@@H](NC(=O)c1coc(-c2csc(CNC(=O)OC(C)(C)C)n2)n1)C(C)C. The van der Waals surface area contributed by atoms with Gasteiger partial charge in [-0.05, 0) is 47.5 Å². The Labute approximate surface area is 237 Å². The van der Waals surface area contributed by atoms with Crippen LogP contribution in [0.5, 0.6) is 0 Å². The molecule has 0 aliphatic rings. The quantitative estimate of drug-likeness (QED) is 0.222. The predicted octanol–water partition coefficient (Wildman–Crippen LogP) is 4.41. The Balaban J connectivity index is 2.00. The van der Waals surface area contributed by atoms with Gasteiger partial charge in [-0.1, -0.05) is 26.5 Å². The minimum Gasteiger partial charge on any atom is -0.460 e. The lowest BCUT2D eigenvalue weighted by molar-refractivity contribution is -0.160. The molecular formula is C27H38N4O8S. The van der Waals surface area contributed by atoms with E-state index in [9.17, 15) is 19.2 Å². The van der Waals surface area contributed by atoms with E-state index in [1.165, 1.54) is 17.4 Å². The van der Waals surface area contributed by atoms with Crippen LogP contribution < -0.4 is 10.6 Å². The van der Waals surface area contributed by atoms with Gasteiger partial charge in [-0.3, -0.25) is 9.59 Å². The Morgan fingerprint density at radius 3 is 2.30 bits per heavy atom. The van der Waals surface area contributed by atoms with Gasteiger partial charge in [-0.25, -0.2) is 19.6 Å².